The highest BCUT2D eigenvalue weighted by Crippen LogP contribution is 2.35. The summed E-state index contributed by atoms with van der Waals surface area (Å²) >= 11 is 6.19. The highest BCUT2D eigenvalue weighted by atomic mass is 35.5. The van der Waals surface area contributed by atoms with Crippen molar-refractivity contribution in [2.24, 2.45) is 0 Å². The number of benzene rings is 2. The summed E-state index contributed by atoms with van der Waals surface area (Å²) in [5.74, 6) is -0.380. The van der Waals surface area contributed by atoms with Crippen molar-refractivity contribution >= 4 is 11.6 Å². The lowest BCUT2D eigenvalue weighted by atomic mass is 9.87. The first-order valence-corrected chi connectivity index (χ1v) is 7.44. The van der Waals surface area contributed by atoms with Gasteiger partial charge in [0.05, 0.1) is 11.1 Å². The molecule has 0 saturated carbocycles. The first-order chi connectivity index (χ1) is 9.88. The number of halogens is 2. The van der Waals surface area contributed by atoms with Gasteiger partial charge in [0.25, 0.3) is 0 Å². The van der Waals surface area contributed by atoms with Gasteiger partial charge in [-0.25, -0.2) is 4.39 Å². The van der Waals surface area contributed by atoms with Gasteiger partial charge in [-0.2, -0.15) is 0 Å². The molecule has 0 spiro atoms. The number of hydrogen-bond donors (Lipinski definition) is 1. The summed E-state index contributed by atoms with van der Waals surface area (Å²) in [6.07, 6.45) is 0. The van der Waals surface area contributed by atoms with E-state index in [1.807, 2.05) is 13.1 Å². The molecule has 0 bridgehead atoms. The lowest BCUT2D eigenvalue weighted by molar-refractivity contribution is 0.616. The Morgan fingerprint density at radius 1 is 1.05 bits per heavy atom. The topological polar surface area (TPSA) is 12.0 Å². The molecular weight excluding hydrogens is 285 g/mol. The van der Waals surface area contributed by atoms with E-state index in [1.54, 1.807) is 6.07 Å². The third-order valence-electron chi connectivity index (χ3n) is 4.29. The summed E-state index contributed by atoms with van der Waals surface area (Å²) in [5.41, 5.74) is 6.87. The Hall–Kier alpha value is -1.38. The summed E-state index contributed by atoms with van der Waals surface area (Å²) < 4.78 is 13.8. The summed E-state index contributed by atoms with van der Waals surface area (Å²) in [4.78, 5) is 0. The molecule has 1 atom stereocenters. The second-order valence-corrected chi connectivity index (χ2v) is 5.92. The molecule has 21 heavy (non-hydrogen) atoms. The van der Waals surface area contributed by atoms with Crippen LogP contribution < -0.4 is 5.32 Å². The number of hydrogen-bond acceptors (Lipinski definition) is 1. The van der Waals surface area contributed by atoms with E-state index < -0.39 is 0 Å². The smallest absolute Gasteiger partial charge is 0.142 e. The molecule has 0 fully saturated rings. The van der Waals surface area contributed by atoms with Crippen LogP contribution >= 0.6 is 11.6 Å². The molecule has 3 heteroatoms. The van der Waals surface area contributed by atoms with E-state index in [2.05, 4.69) is 39.1 Å². The molecule has 0 aliphatic heterocycles. The Morgan fingerprint density at radius 2 is 1.62 bits per heavy atom. The first kappa shape index (κ1) is 16.0. The molecular formula is C18H21ClFN. The van der Waals surface area contributed by atoms with Gasteiger partial charge in [-0.1, -0.05) is 29.8 Å². The second kappa shape index (κ2) is 6.17. The maximum Gasteiger partial charge on any atom is 0.142 e. The van der Waals surface area contributed by atoms with E-state index in [1.165, 1.54) is 33.9 Å². The fourth-order valence-electron chi connectivity index (χ4n) is 2.88. The van der Waals surface area contributed by atoms with Gasteiger partial charge in [0.15, 0.2) is 0 Å². The van der Waals surface area contributed by atoms with Crippen LogP contribution in [0.4, 0.5) is 4.39 Å². The van der Waals surface area contributed by atoms with E-state index in [9.17, 15) is 4.39 Å². The van der Waals surface area contributed by atoms with Crippen LogP contribution in [0.1, 0.15) is 39.4 Å². The van der Waals surface area contributed by atoms with Crippen molar-refractivity contribution in [3.63, 3.8) is 0 Å². The molecule has 0 aromatic heterocycles. The van der Waals surface area contributed by atoms with Gasteiger partial charge < -0.3 is 5.32 Å². The summed E-state index contributed by atoms with van der Waals surface area (Å²) in [6, 6.07) is 7.04. The number of nitrogens with one attached hydrogen (secondary N) is 1. The molecule has 0 saturated heterocycles. The molecule has 2 aromatic carbocycles. The van der Waals surface area contributed by atoms with Gasteiger partial charge in [0.2, 0.25) is 0 Å². The van der Waals surface area contributed by atoms with Gasteiger partial charge in [-0.05, 0) is 74.2 Å². The predicted octanol–water partition coefficient (Wildman–Crippen LogP) is 5.02. The van der Waals surface area contributed by atoms with Gasteiger partial charge in [0.1, 0.15) is 5.82 Å². The SMILES string of the molecule is CNC(c1cccc(F)c1Cl)c1c(C)c(C)cc(C)c1C. The zero-order chi connectivity index (χ0) is 15.7. The van der Waals surface area contributed by atoms with Gasteiger partial charge in [0, 0.05) is 0 Å². The molecule has 2 aromatic rings. The minimum absolute atomic E-state index is 0.119. The van der Waals surface area contributed by atoms with Crippen molar-refractivity contribution in [1.82, 2.24) is 5.32 Å². The molecule has 0 radical (unpaired) electrons. The van der Waals surface area contributed by atoms with Crippen molar-refractivity contribution in [1.29, 1.82) is 0 Å². The summed E-state index contributed by atoms with van der Waals surface area (Å²) in [5, 5.41) is 3.48. The van der Waals surface area contributed by atoms with Crippen LogP contribution in [0.3, 0.4) is 0 Å². The molecule has 0 heterocycles. The van der Waals surface area contributed by atoms with Crippen molar-refractivity contribution < 1.29 is 4.39 Å². The molecule has 112 valence electrons. The van der Waals surface area contributed by atoms with Gasteiger partial charge >= 0.3 is 0 Å². The highest BCUT2D eigenvalue weighted by molar-refractivity contribution is 6.31. The Bertz CT molecular complexity index is 653. The fraction of sp³-hybridized carbons (Fsp3) is 0.333. The van der Waals surface area contributed by atoms with E-state index in [-0.39, 0.29) is 16.9 Å². The fourth-order valence-corrected chi connectivity index (χ4v) is 3.11. The lowest BCUT2D eigenvalue weighted by Crippen LogP contribution is -2.21. The molecule has 1 unspecified atom stereocenters. The maximum absolute atomic E-state index is 13.8. The Kier molecular flexibility index (Phi) is 4.70. The van der Waals surface area contributed by atoms with Crippen LogP contribution in [0.5, 0.6) is 0 Å². The monoisotopic (exact) mass is 305 g/mol. The van der Waals surface area contributed by atoms with Crippen LogP contribution in [0.25, 0.3) is 0 Å². The quantitative estimate of drug-likeness (QED) is 0.839. The third-order valence-corrected chi connectivity index (χ3v) is 4.69. The number of rotatable bonds is 3. The maximum atomic E-state index is 13.8. The second-order valence-electron chi connectivity index (χ2n) is 5.54. The standard InChI is InChI=1S/C18H21ClFN/c1-10-9-11(2)13(4)16(12(10)3)18(21-5)14-7-6-8-15(20)17(14)19/h6-9,18,21H,1-5H3. The zero-order valence-electron chi connectivity index (χ0n) is 13.1. The highest BCUT2D eigenvalue weighted by Gasteiger charge is 2.22. The van der Waals surface area contributed by atoms with Crippen molar-refractivity contribution in [3.8, 4) is 0 Å². The predicted molar refractivity (Wildman–Crippen MR) is 87.7 cm³/mol. The van der Waals surface area contributed by atoms with E-state index in [0.29, 0.717) is 0 Å². The van der Waals surface area contributed by atoms with Crippen molar-refractivity contribution in [3.05, 3.63) is 68.5 Å². The first-order valence-electron chi connectivity index (χ1n) is 7.07. The van der Waals surface area contributed by atoms with Crippen molar-refractivity contribution in [2.45, 2.75) is 33.7 Å². The molecule has 2 rings (SSSR count). The Morgan fingerprint density at radius 3 is 2.14 bits per heavy atom. The van der Waals surface area contributed by atoms with E-state index >= 15 is 0 Å². The Balaban J connectivity index is 2.71. The van der Waals surface area contributed by atoms with Crippen LogP contribution in [0.2, 0.25) is 5.02 Å². The van der Waals surface area contributed by atoms with Crippen LogP contribution in [0.15, 0.2) is 24.3 Å². The normalized spacial score (nSPS) is 12.5. The largest absolute Gasteiger partial charge is 0.309 e. The average Bonchev–Trinajstić information content (AvgIpc) is 2.45. The molecule has 0 aliphatic rings. The van der Waals surface area contributed by atoms with Crippen molar-refractivity contribution in [2.75, 3.05) is 7.05 Å². The average molecular weight is 306 g/mol. The van der Waals surface area contributed by atoms with Crippen LogP contribution in [-0.2, 0) is 0 Å². The number of aryl methyl sites for hydroxylation is 2. The zero-order valence-corrected chi connectivity index (χ0v) is 13.9. The molecule has 0 amide bonds. The minimum Gasteiger partial charge on any atom is -0.309 e. The van der Waals surface area contributed by atoms with Gasteiger partial charge in [-0.15, -0.1) is 0 Å². The van der Waals surface area contributed by atoms with E-state index in [0.717, 1.165) is 5.56 Å². The van der Waals surface area contributed by atoms with Crippen LogP contribution in [0, 0.1) is 33.5 Å². The minimum atomic E-state index is -0.380. The van der Waals surface area contributed by atoms with Gasteiger partial charge in [-0.3, -0.25) is 0 Å². The Labute approximate surface area is 131 Å². The molecule has 0 aliphatic carbocycles. The lowest BCUT2D eigenvalue weighted by Gasteiger charge is -2.25. The summed E-state index contributed by atoms with van der Waals surface area (Å²) in [7, 11) is 1.88. The van der Waals surface area contributed by atoms with Crippen LogP contribution in [-0.4, -0.2) is 7.05 Å². The molecule has 1 N–H and O–H groups in total. The summed E-state index contributed by atoms with van der Waals surface area (Å²) in [6.45, 7) is 8.42. The van der Waals surface area contributed by atoms with E-state index in [4.69, 9.17) is 11.6 Å². The molecule has 1 nitrogen and oxygen atoms in total. The third kappa shape index (κ3) is 2.83.